The fraction of sp³-hybridized carbons (Fsp3) is 0.600. The molecule has 0 saturated carbocycles. The number of hydrogen-bond acceptors (Lipinski definition) is 1. The molecule has 0 saturated heterocycles. The van der Waals surface area contributed by atoms with Crippen LogP contribution in [0.3, 0.4) is 0 Å². The molecule has 1 nitrogen and oxygen atoms in total. The van der Waals surface area contributed by atoms with E-state index in [2.05, 4.69) is 19.9 Å². The number of hydrogen-bond donors (Lipinski definition) is 1. The van der Waals surface area contributed by atoms with Crippen molar-refractivity contribution in [1.29, 1.82) is 0 Å². The molecule has 1 heteroatoms. The molecular formula is C10H18O. The van der Waals surface area contributed by atoms with Crippen molar-refractivity contribution in [2.45, 2.75) is 33.1 Å². The van der Waals surface area contributed by atoms with Gasteiger partial charge in [0, 0.05) is 0 Å². The number of allylic oxidation sites excluding steroid dienone is 3. The normalized spacial score (nSPS) is 14.7. The van der Waals surface area contributed by atoms with Crippen molar-refractivity contribution in [3.63, 3.8) is 0 Å². The summed E-state index contributed by atoms with van der Waals surface area (Å²) in [5.41, 5.74) is 0. The molecule has 11 heavy (non-hydrogen) atoms. The highest BCUT2D eigenvalue weighted by Crippen LogP contribution is 2.08. The number of aliphatic hydroxyl groups is 1. The maximum atomic E-state index is 8.32. The van der Waals surface area contributed by atoms with E-state index in [-0.39, 0.29) is 0 Å². The van der Waals surface area contributed by atoms with Crippen molar-refractivity contribution in [1.82, 2.24) is 0 Å². The van der Waals surface area contributed by atoms with Crippen LogP contribution >= 0.6 is 0 Å². The second kappa shape index (κ2) is 7.39. The zero-order valence-corrected chi connectivity index (χ0v) is 7.46. The maximum Gasteiger partial charge on any atom is 0.0791 e. The van der Waals surface area contributed by atoms with Crippen LogP contribution in [0.2, 0.25) is 0 Å². The highest BCUT2D eigenvalue weighted by atomic mass is 16.2. The Morgan fingerprint density at radius 3 is 2.64 bits per heavy atom. The van der Waals surface area contributed by atoms with E-state index in [1.807, 2.05) is 6.08 Å². The van der Waals surface area contributed by atoms with Crippen LogP contribution in [-0.4, -0.2) is 5.11 Å². The monoisotopic (exact) mass is 154 g/mol. The van der Waals surface area contributed by atoms with Gasteiger partial charge in [0.1, 0.15) is 0 Å². The molecule has 0 amide bonds. The van der Waals surface area contributed by atoms with E-state index >= 15 is 0 Å². The summed E-state index contributed by atoms with van der Waals surface area (Å²) in [4.78, 5) is 0. The molecule has 1 atom stereocenters. The van der Waals surface area contributed by atoms with Gasteiger partial charge in [0.05, 0.1) is 6.26 Å². The minimum Gasteiger partial charge on any atom is -0.516 e. The summed E-state index contributed by atoms with van der Waals surface area (Å²) in [6.45, 7) is 4.39. The molecule has 1 unspecified atom stereocenters. The highest BCUT2D eigenvalue weighted by Gasteiger charge is 1.93. The van der Waals surface area contributed by atoms with E-state index in [9.17, 15) is 0 Å². The molecule has 0 aromatic rings. The lowest BCUT2D eigenvalue weighted by Crippen LogP contribution is -1.87. The molecule has 0 aromatic carbocycles. The van der Waals surface area contributed by atoms with Crippen LogP contribution in [0, 0.1) is 5.92 Å². The van der Waals surface area contributed by atoms with Crippen LogP contribution in [-0.2, 0) is 0 Å². The van der Waals surface area contributed by atoms with Crippen LogP contribution in [0.1, 0.15) is 33.1 Å². The standard InChI is InChI=1S/C10H18O/c1-3-4-7-10(2)8-5-6-9-11/h5-6,8-11H,3-4,7H2,1-2H3/b8-5+,9-6+. The summed E-state index contributed by atoms with van der Waals surface area (Å²) in [7, 11) is 0. The third kappa shape index (κ3) is 7.17. The van der Waals surface area contributed by atoms with Gasteiger partial charge in [-0.3, -0.25) is 0 Å². The molecule has 1 N–H and O–H groups in total. The topological polar surface area (TPSA) is 20.2 Å². The Labute approximate surface area is 69.4 Å². The molecule has 0 aliphatic heterocycles. The molecule has 0 bridgehead atoms. The van der Waals surface area contributed by atoms with Gasteiger partial charge in [0.2, 0.25) is 0 Å². The maximum absolute atomic E-state index is 8.32. The second-order valence-corrected chi connectivity index (χ2v) is 2.85. The van der Waals surface area contributed by atoms with Gasteiger partial charge < -0.3 is 5.11 Å². The average Bonchev–Trinajstić information content (AvgIpc) is 2.01. The summed E-state index contributed by atoms with van der Waals surface area (Å²) < 4.78 is 0. The van der Waals surface area contributed by atoms with Gasteiger partial charge in [0.25, 0.3) is 0 Å². The Kier molecular flexibility index (Phi) is 6.90. The van der Waals surface area contributed by atoms with Gasteiger partial charge in [-0.25, -0.2) is 0 Å². The van der Waals surface area contributed by atoms with Crippen LogP contribution in [0.5, 0.6) is 0 Å². The fourth-order valence-electron chi connectivity index (χ4n) is 0.926. The first-order valence-electron chi connectivity index (χ1n) is 4.28. The lowest BCUT2D eigenvalue weighted by molar-refractivity contribution is 0.473. The van der Waals surface area contributed by atoms with Crippen molar-refractivity contribution in [3.05, 3.63) is 24.5 Å². The van der Waals surface area contributed by atoms with Crippen molar-refractivity contribution >= 4 is 0 Å². The zero-order valence-electron chi connectivity index (χ0n) is 7.46. The van der Waals surface area contributed by atoms with Gasteiger partial charge in [-0.05, 0) is 18.4 Å². The van der Waals surface area contributed by atoms with Crippen molar-refractivity contribution in [3.8, 4) is 0 Å². The van der Waals surface area contributed by atoms with E-state index < -0.39 is 0 Å². The highest BCUT2D eigenvalue weighted by molar-refractivity contribution is 5.00. The first kappa shape index (κ1) is 10.3. The van der Waals surface area contributed by atoms with Gasteiger partial charge in [-0.2, -0.15) is 0 Å². The molecule has 0 rings (SSSR count). The molecular weight excluding hydrogens is 136 g/mol. The third-order valence-corrected chi connectivity index (χ3v) is 1.65. The number of rotatable bonds is 5. The Balaban J connectivity index is 3.42. The molecule has 0 aliphatic rings. The smallest absolute Gasteiger partial charge is 0.0791 e. The van der Waals surface area contributed by atoms with E-state index in [1.54, 1.807) is 6.08 Å². The Morgan fingerprint density at radius 2 is 2.09 bits per heavy atom. The van der Waals surface area contributed by atoms with Gasteiger partial charge in [0.15, 0.2) is 0 Å². The minimum atomic E-state index is 0.631. The molecule has 0 aliphatic carbocycles. The molecule has 0 aromatic heterocycles. The average molecular weight is 154 g/mol. The third-order valence-electron chi connectivity index (χ3n) is 1.65. The Bertz CT molecular complexity index is 125. The van der Waals surface area contributed by atoms with E-state index in [1.165, 1.54) is 19.3 Å². The van der Waals surface area contributed by atoms with Crippen LogP contribution in [0.4, 0.5) is 0 Å². The fourth-order valence-corrected chi connectivity index (χ4v) is 0.926. The largest absolute Gasteiger partial charge is 0.516 e. The molecule has 0 fully saturated rings. The SMILES string of the molecule is CCCCC(C)/C=C/C=C/O. The van der Waals surface area contributed by atoms with E-state index in [4.69, 9.17) is 5.11 Å². The zero-order chi connectivity index (χ0) is 8.53. The summed E-state index contributed by atoms with van der Waals surface area (Å²) in [5, 5.41) is 8.32. The van der Waals surface area contributed by atoms with Crippen LogP contribution in [0.25, 0.3) is 0 Å². The first-order valence-corrected chi connectivity index (χ1v) is 4.28. The predicted octanol–water partition coefficient (Wildman–Crippen LogP) is 3.44. The lowest BCUT2D eigenvalue weighted by atomic mass is 10.0. The van der Waals surface area contributed by atoms with Crippen LogP contribution in [0.15, 0.2) is 24.5 Å². The Morgan fingerprint density at radius 1 is 1.36 bits per heavy atom. The van der Waals surface area contributed by atoms with Crippen molar-refractivity contribution in [2.24, 2.45) is 5.92 Å². The van der Waals surface area contributed by atoms with Gasteiger partial charge in [-0.1, -0.05) is 38.8 Å². The summed E-state index contributed by atoms with van der Waals surface area (Å²) >= 11 is 0. The molecule has 0 radical (unpaired) electrons. The quantitative estimate of drug-likeness (QED) is 0.475. The van der Waals surface area contributed by atoms with Gasteiger partial charge in [-0.15, -0.1) is 0 Å². The van der Waals surface area contributed by atoms with Crippen molar-refractivity contribution < 1.29 is 5.11 Å². The minimum absolute atomic E-state index is 0.631. The van der Waals surface area contributed by atoms with Crippen molar-refractivity contribution in [2.75, 3.05) is 0 Å². The number of unbranched alkanes of at least 4 members (excludes halogenated alkanes) is 1. The second-order valence-electron chi connectivity index (χ2n) is 2.85. The summed E-state index contributed by atoms with van der Waals surface area (Å²) in [6.07, 6.45) is 10.5. The van der Waals surface area contributed by atoms with E-state index in [0.29, 0.717) is 5.92 Å². The molecule has 0 spiro atoms. The molecule has 64 valence electrons. The summed E-state index contributed by atoms with van der Waals surface area (Å²) in [5.74, 6) is 0.631. The van der Waals surface area contributed by atoms with Gasteiger partial charge >= 0.3 is 0 Å². The summed E-state index contributed by atoms with van der Waals surface area (Å²) in [6, 6.07) is 0. The first-order chi connectivity index (χ1) is 5.31. The number of aliphatic hydroxyl groups excluding tert-OH is 1. The van der Waals surface area contributed by atoms with E-state index in [0.717, 1.165) is 6.26 Å². The van der Waals surface area contributed by atoms with Crippen LogP contribution < -0.4 is 0 Å². The predicted molar refractivity (Wildman–Crippen MR) is 49.6 cm³/mol. The molecule has 0 heterocycles. The lowest BCUT2D eigenvalue weighted by Gasteiger charge is -2.02. The Hall–Kier alpha value is -0.720.